The Labute approximate surface area is 367 Å². The zero-order chi connectivity index (χ0) is 42.3. The second-order valence-corrected chi connectivity index (χ2v) is 16.4. The summed E-state index contributed by atoms with van der Waals surface area (Å²) in [5.74, 6) is 0. The van der Waals surface area contributed by atoms with Gasteiger partial charge in [-0.25, -0.2) is 0 Å². The average Bonchev–Trinajstić information content (AvgIpc) is 3.34. The smallest absolute Gasteiger partial charge is 0.00266 e. The van der Waals surface area contributed by atoms with Gasteiger partial charge < -0.3 is 0 Å². The van der Waals surface area contributed by atoms with Gasteiger partial charge in [-0.3, -0.25) is 0 Å². The molecule has 11 rings (SSSR count). The molecule has 10 aromatic rings. The molecule has 0 saturated heterocycles. The van der Waals surface area contributed by atoms with Crippen LogP contribution in [0.1, 0.15) is 42.9 Å². The van der Waals surface area contributed by atoms with Gasteiger partial charge in [0.1, 0.15) is 0 Å². The Balaban J connectivity index is 0.000000191. The third kappa shape index (κ3) is 8.65. The third-order valence-corrected chi connectivity index (χ3v) is 12.2. The van der Waals surface area contributed by atoms with Gasteiger partial charge in [-0.15, -0.1) is 0 Å². The molecule has 0 radical (unpaired) electrons. The summed E-state index contributed by atoms with van der Waals surface area (Å²) in [6.07, 6.45) is 8.24. The van der Waals surface area contributed by atoms with Crippen molar-refractivity contribution in [1.29, 1.82) is 0 Å². The van der Waals surface area contributed by atoms with Gasteiger partial charge in [-0.2, -0.15) is 0 Å². The summed E-state index contributed by atoms with van der Waals surface area (Å²) in [7, 11) is 0. The molecule has 10 aromatic carbocycles. The van der Waals surface area contributed by atoms with Crippen LogP contribution in [0.15, 0.2) is 230 Å². The normalized spacial score (nSPS) is 12.2. The molecule has 0 saturated carbocycles. The first kappa shape index (κ1) is 40.1. The molecule has 0 N–H and O–H groups in total. The Bertz CT molecular complexity index is 3180. The fourth-order valence-electron chi connectivity index (χ4n) is 9.01. The molecular weight excluding hydrogens is 745 g/mol. The van der Waals surface area contributed by atoms with Gasteiger partial charge >= 0.3 is 0 Å². The number of aryl methyl sites for hydroxylation is 2. The maximum absolute atomic E-state index is 2.38. The summed E-state index contributed by atoms with van der Waals surface area (Å²) in [6, 6.07) is 76.7. The minimum Gasteiger partial charge on any atom is -0.0810 e. The van der Waals surface area contributed by atoms with E-state index in [9.17, 15) is 0 Å². The lowest BCUT2D eigenvalue weighted by Gasteiger charge is -2.16. The summed E-state index contributed by atoms with van der Waals surface area (Å²) >= 11 is 0. The van der Waals surface area contributed by atoms with Crippen LogP contribution < -0.4 is 0 Å². The van der Waals surface area contributed by atoms with Crippen LogP contribution >= 0.6 is 0 Å². The predicted molar refractivity (Wildman–Crippen MR) is 271 cm³/mol. The highest BCUT2D eigenvalue weighted by atomic mass is 14.2. The lowest BCUT2D eigenvalue weighted by Crippen LogP contribution is -1.91. The third-order valence-electron chi connectivity index (χ3n) is 12.2. The number of fused-ring (bicyclic) bond motifs is 7. The second-order valence-electron chi connectivity index (χ2n) is 16.4. The Morgan fingerprint density at radius 2 is 0.903 bits per heavy atom. The summed E-state index contributed by atoms with van der Waals surface area (Å²) < 4.78 is 0. The lowest BCUT2D eigenvalue weighted by molar-refractivity contribution is 0.999. The molecule has 0 aromatic heterocycles. The minimum absolute atomic E-state index is 1.15. The highest BCUT2D eigenvalue weighted by Crippen LogP contribution is 2.41. The molecule has 0 heteroatoms. The zero-order valence-corrected chi connectivity index (χ0v) is 36.0. The van der Waals surface area contributed by atoms with Crippen molar-refractivity contribution in [2.24, 2.45) is 0 Å². The molecule has 0 fully saturated rings. The summed E-state index contributed by atoms with van der Waals surface area (Å²) in [5, 5.41) is 10.4. The second kappa shape index (κ2) is 18.5. The molecule has 0 atom stereocenters. The van der Waals surface area contributed by atoms with Gasteiger partial charge in [0, 0.05) is 0 Å². The Hall–Kier alpha value is -7.28. The van der Waals surface area contributed by atoms with Crippen LogP contribution in [0.5, 0.6) is 0 Å². The molecule has 0 heterocycles. The molecule has 0 spiro atoms. The van der Waals surface area contributed by atoms with E-state index in [1.54, 1.807) is 0 Å². The van der Waals surface area contributed by atoms with Crippen LogP contribution in [0.3, 0.4) is 0 Å². The van der Waals surface area contributed by atoms with Crippen molar-refractivity contribution in [1.82, 2.24) is 0 Å². The van der Waals surface area contributed by atoms with E-state index >= 15 is 0 Å². The van der Waals surface area contributed by atoms with Crippen LogP contribution in [-0.2, 0) is 0 Å². The zero-order valence-electron chi connectivity index (χ0n) is 36.0. The molecule has 0 bridgehead atoms. The average molecular weight is 797 g/mol. The van der Waals surface area contributed by atoms with Gasteiger partial charge in [0.15, 0.2) is 0 Å². The molecule has 300 valence electrons. The molecule has 1 aliphatic rings. The molecule has 0 amide bonds. The number of allylic oxidation sites excluding steroid dienone is 4. The fourth-order valence-corrected chi connectivity index (χ4v) is 9.01. The summed E-state index contributed by atoms with van der Waals surface area (Å²) in [4.78, 5) is 0. The monoisotopic (exact) mass is 796 g/mol. The quantitative estimate of drug-likeness (QED) is 0.152. The number of hydrogen-bond donors (Lipinski definition) is 0. The standard InChI is InChI=1S/C41H28.C14H16.C7H8/c1-27-10-8-13-31(24-27)34-22-20-28-11-2-3-15-33(28)41(34)32-14-9-12-29(25-32)30-21-23-39-37-18-5-4-16-35(37)36-17-6-7-19-38(36)40(39)26-30;1-2-12-7-6-10-14(11-12)13-8-4-3-5-9-13;1-7-5-3-2-4-6-7/h2-26H,1H3;3-5,7-9,11H,2,6,10H2,1H3;2-6H,1H3. The molecule has 62 heavy (non-hydrogen) atoms. The van der Waals surface area contributed by atoms with E-state index in [0.29, 0.717) is 0 Å². The van der Waals surface area contributed by atoms with Gasteiger partial charge in [0.2, 0.25) is 0 Å². The first-order valence-corrected chi connectivity index (χ1v) is 22.0. The Morgan fingerprint density at radius 1 is 0.371 bits per heavy atom. The minimum atomic E-state index is 1.15. The maximum Gasteiger partial charge on any atom is -0.00266 e. The molecule has 0 aliphatic heterocycles. The van der Waals surface area contributed by atoms with Crippen LogP contribution in [0.2, 0.25) is 0 Å². The highest BCUT2D eigenvalue weighted by Gasteiger charge is 2.15. The Kier molecular flexibility index (Phi) is 12.0. The van der Waals surface area contributed by atoms with E-state index in [-0.39, 0.29) is 0 Å². The SMILES string of the molecule is CCC1=CCCC(c2ccccc2)=C1.Cc1cccc(-c2ccc3ccccc3c2-c2cccc(-c3ccc4c5ccccc5c5ccccc5c4c3)c2)c1.Cc1ccccc1. The first-order chi connectivity index (χ1) is 30.5. The van der Waals surface area contributed by atoms with Gasteiger partial charge in [0.25, 0.3) is 0 Å². The topological polar surface area (TPSA) is 0 Å². The summed E-state index contributed by atoms with van der Waals surface area (Å²) in [6.45, 7) is 6.47. The van der Waals surface area contributed by atoms with E-state index in [2.05, 4.69) is 227 Å². The summed E-state index contributed by atoms with van der Waals surface area (Å²) in [5.41, 5.74) is 14.4. The van der Waals surface area contributed by atoms with E-state index in [1.807, 2.05) is 18.2 Å². The Morgan fingerprint density at radius 3 is 1.56 bits per heavy atom. The van der Waals surface area contributed by atoms with Crippen molar-refractivity contribution in [3.63, 3.8) is 0 Å². The van der Waals surface area contributed by atoms with Gasteiger partial charge in [-0.1, -0.05) is 236 Å². The van der Waals surface area contributed by atoms with Crippen molar-refractivity contribution in [2.75, 3.05) is 0 Å². The van der Waals surface area contributed by atoms with Crippen molar-refractivity contribution in [2.45, 2.75) is 40.0 Å². The van der Waals surface area contributed by atoms with Crippen LogP contribution in [-0.4, -0.2) is 0 Å². The van der Waals surface area contributed by atoms with E-state index in [4.69, 9.17) is 0 Å². The number of rotatable bonds is 5. The van der Waals surface area contributed by atoms with Crippen molar-refractivity contribution in [3.05, 3.63) is 247 Å². The maximum atomic E-state index is 2.38. The fraction of sp³-hybridized carbons (Fsp3) is 0.0968. The first-order valence-electron chi connectivity index (χ1n) is 22.0. The number of hydrogen-bond acceptors (Lipinski definition) is 0. The molecule has 1 aliphatic carbocycles. The van der Waals surface area contributed by atoms with Crippen LogP contribution in [0.4, 0.5) is 0 Å². The predicted octanol–water partition coefficient (Wildman–Crippen LogP) is 17.8. The lowest BCUT2D eigenvalue weighted by atomic mass is 9.87. The molecule has 0 unspecified atom stereocenters. The molecular formula is C62H52. The van der Waals surface area contributed by atoms with Crippen molar-refractivity contribution in [3.8, 4) is 33.4 Å². The van der Waals surface area contributed by atoms with Gasteiger partial charge in [0.05, 0.1) is 0 Å². The van der Waals surface area contributed by atoms with Crippen LogP contribution in [0, 0.1) is 13.8 Å². The van der Waals surface area contributed by atoms with E-state index in [0.717, 1.165) is 6.42 Å². The van der Waals surface area contributed by atoms with Crippen LogP contribution in [0.25, 0.3) is 82.0 Å². The van der Waals surface area contributed by atoms with Crippen molar-refractivity contribution < 1.29 is 0 Å². The van der Waals surface area contributed by atoms with Crippen molar-refractivity contribution >= 4 is 48.7 Å². The van der Waals surface area contributed by atoms with E-state index in [1.165, 1.54) is 117 Å². The van der Waals surface area contributed by atoms with Gasteiger partial charge in [-0.05, 0) is 133 Å². The van der Waals surface area contributed by atoms with E-state index < -0.39 is 0 Å². The molecule has 0 nitrogen and oxygen atoms in total. The number of benzene rings is 10. The largest absolute Gasteiger partial charge is 0.0810 e. The highest BCUT2D eigenvalue weighted by molar-refractivity contribution is 6.25.